The number of hydrogen-bond acceptors (Lipinski definition) is 5. The minimum absolute atomic E-state index is 0.806. The van der Waals surface area contributed by atoms with E-state index < -0.39 is 0 Å². The minimum Gasteiger partial charge on any atom is -0.360 e. The third-order valence-corrected chi connectivity index (χ3v) is 4.97. The zero-order chi connectivity index (χ0) is 16.3. The molecule has 2 aromatic rings. The molecule has 1 aromatic carbocycles. The van der Waals surface area contributed by atoms with E-state index in [1.165, 1.54) is 23.3 Å². The van der Waals surface area contributed by atoms with E-state index in [2.05, 4.69) is 38.2 Å². The van der Waals surface area contributed by atoms with Gasteiger partial charge in [0.25, 0.3) is 0 Å². The van der Waals surface area contributed by atoms with Crippen molar-refractivity contribution >= 4 is 44.4 Å². The van der Waals surface area contributed by atoms with Gasteiger partial charge in [0, 0.05) is 26.7 Å². The van der Waals surface area contributed by atoms with Crippen LogP contribution in [0.25, 0.3) is 10.2 Å². The minimum atomic E-state index is 0.806. The molecule has 5 nitrogen and oxygen atoms in total. The highest BCUT2D eigenvalue weighted by Gasteiger charge is 2.02. The number of guanidine groups is 1. The molecule has 1 aromatic heterocycles. The molecule has 7 heteroatoms. The number of anilines is 1. The number of fused-ring (bicyclic) bond motifs is 1. The molecule has 0 spiro atoms. The van der Waals surface area contributed by atoms with Crippen LogP contribution in [-0.4, -0.2) is 49.6 Å². The Balaban J connectivity index is 1.63. The number of benzene rings is 1. The Morgan fingerprint density at radius 2 is 2.00 bits per heavy atom. The van der Waals surface area contributed by atoms with Crippen molar-refractivity contribution in [2.75, 3.05) is 44.0 Å². The van der Waals surface area contributed by atoms with Crippen molar-refractivity contribution in [1.29, 1.82) is 0 Å². The lowest BCUT2D eigenvalue weighted by molar-refractivity contribution is 0.735. The smallest absolute Gasteiger partial charge is 0.191 e. The molecule has 2 rings (SSSR count). The van der Waals surface area contributed by atoms with Crippen LogP contribution >= 0.6 is 23.1 Å². The zero-order valence-corrected chi connectivity index (χ0v) is 15.4. The predicted octanol–water partition coefficient (Wildman–Crippen LogP) is 3.02. The molecule has 23 heavy (non-hydrogen) atoms. The Kier molecular flexibility index (Phi) is 8.03. The number of aromatic nitrogens is 1. The quantitative estimate of drug-likeness (QED) is 0.368. The van der Waals surface area contributed by atoms with Crippen molar-refractivity contribution in [3.05, 3.63) is 24.3 Å². The first-order chi connectivity index (χ1) is 11.3. The van der Waals surface area contributed by atoms with Crippen molar-refractivity contribution in [3.63, 3.8) is 0 Å². The second kappa shape index (κ2) is 10.3. The highest BCUT2D eigenvalue weighted by Crippen LogP contribution is 2.24. The summed E-state index contributed by atoms with van der Waals surface area (Å²) < 4.78 is 1.21. The molecule has 0 atom stereocenters. The number of aliphatic imine (C=N–C) groups is 1. The zero-order valence-electron chi connectivity index (χ0n) is 13.8. The van der Waals surface area contributed by atoms with E-state index in [1.54, 1.807) is 18.4 Å². The number of thioether (sulfide) groups is 1. The third-order valence-electron chi connectivity index (χ3n) is 3.28. The first-order valence-corrected chi connectivity index (χ1v) is 10.1. The molecule has 1 heterocycles. The number of nitrogens with one attached hydrogen (secondary N) is 3. The number of para-hydroxylation sites is 1. The van der Waals surface area contributed by atoms with Crippen LogP contribution in [0.3, 0.4) is 0 Å². The average molecular weight is 352 g/mol. The van der Waals surface area contributed by atoms with Crippen molar-refractivity contribution in [3.8, 4) is 0 Å². The van der Waals surface area contributed by atoms with E-state index in [-0.39, 0.29) is 0 Å². The number of rotatable bonds is 9. The number of nitrogens with zero attached hydrogens (tertiary/aromatic N) is 2. The second-order valence-corrected chi connectivity index (χ2v) is 7.06. The molecule has 0 saturated carbocycles. The molecule has 0 fully saturated rings. The fourth-order valence-corrected chi connectivity index (χ4v) is 3.48. The summed E-state index contributed by atoms with van der Waals surface area (Å²) in [7, 11) is 1.80. The van der Waals surface area contributed by atoms with Crippen LogP contribution in [0, 0.1) is 0 Å². The Morgan fingerprint density at radius 3 is 2.78 bits per heavy atom. The Bertz CT molecular complexity index is 578. The van der Waals surface area contributed by atoms with Crippen LogP contribution in [0.15, 0.2) is 29.3 Å². The Morgan fingerprint density at radius 1 is 1.17 bits per heavy atom. The van der Waals surface area contributed by atoms with Crippen LogP contribution in [0.2, 0.25) is 0 Å². The molecule has 0 unspecified atom stereocenters. The van der Waals surface area contributed by atoms with Gasteiger partial charge in [-0.15, -0.1) is 0 Å². The van der Waals surface area contributed by atoms with E-state index in [4.69, 9.17) is 0 Å². The van der Waals surface area contributed by atoms with Crippen molar-refractivity contribution < 1.29 is 0 Å². The summed E-state index contributed by atoms with van der Waals surface area (Å²) in [5.41, 5.74) is 1.05. The lowest BCUT2D eigenvalue weighted by atomic mass is 10.3. The Hall–Kier alpha value is -1.47. The lowest BCUT2D eigenvalue weighted by Crippen LogP contribution is -2.39. The van der Waals surface area contributed by atoms with Crippen molar-refractivity contribution in [1.82, 2.24) is 15.6 Å². The van der Waals surface area contributed by atoms with Gasteiger partial charge < -0.3 is 16.0 Å². The van der Waals surface area contributed by atoms with Crippen LogP contribution in [-0.2, 0) is 0 Å². The molecule has 0 saturated heterocycles. The first-order valence-electron chi connectivity index (χ1n) is 7.86. The average Bonchev–Trinajstić information content (AvgIpc) is 2.99. The van der Waals surface area contributed by atoms with Gasteiger partial charge in [-0.25, -0.2) is 4.98 Å². The number of thiazole rings is 1. The maximum atomic E-state index is 4.56. The Labute approximate surface area is 146 Å². The molecule has 0 radical (unpaired) electrons. The van der Waals surface area contributed by atoms with Gasteiger partial charge in [0.1, 0.15) is 0 Å². The maximum Gasteiger partial charge on any atom is 0.191 e. The maximum absolute atomic E-state index is 4.56. The van der Waals surface area contributed by atoms with Gasteiger partial charge in [-0.05, 0) is 37.0 Å². The van der Waals surface area contributed by atoms with E-state index in [1.807, 2.05) is 30.0 Å². The highest BCUT2D eigenvalue weighted by atomic mass is 32.2. The summed E-state index contributed by atoms with van der Waals surface area (Å²) in [6.07, 6.45) is 4.56. The molecule has 3 N–H and O–H groups in total. The standard InChI is InChI=1S/C16H25N5S2/c1-17-15(18-9-5-6-12-22-2)19-10-11-20-16-21-13-7-3-4-8-14(13)23-16/h3-4,7-8H,5-6,9-12H2,1-2H3,(H,20,21)(H2,17,18,19). The van der Waals surface area contributed by atoms with E-state index >= 15 is 0 Å². The van der Waals surface area contributed by atoms with E-state index in [9.17, 15) is 0 Å². The molecule has 0 aliphatic heterocycles. The van der Waals surface area contributed by atoms with Gasteiger partial charge in [-0.1, -0.05) is 23.5 Å². The normalized spacial score (nSPS) is 11.7. The summed E-state index contributed by atoms with van der Waals surface area (Å²) in [5.74, 6) is 2.08. The molecule has 0 aliphatic rings. The SMILES string of the molecule is CN=C(NCCCCSC)NCCNc1nc2ccccc2s1. The number of unbranched alkanes of at least 4 members (excludes halogenated alkanes) is 1. The second-order valence-electron chi connectivity index (χ2n) is 5.04. The lowest BCUT2D eigenvalue weighted by Gasteiger charge is -2.11. The molecule has 126 valence electrons. The summed E-state index contributed by atoms with van der Waals surface area (Å²) >= 11 is 3.58. The largest absolute Gasteiger partial charge is 0.360 e. The summed E-state index contributed by atoms with van der Waals surface area (Å²) in [6.45, 7) is 2.58. The van der Waals surface area contributed by atoms with Gasteiger partial charge in [0.2, 0.25) is 0 Å². The topological polar surface area (TPSA) is 61.3 Å². The van der Waals surface area contributed by atoms with Crippen molar-refractivity contribution in [2.24, 2.45) is 4.99 Å². The molecule has 0 aliphatic carbocycles. The molecular weight excluding hydrogens is 326 g/mol. The van der Waals surface area contributed by atoms with E-state index in [0.29, 0.717) is 0 Å². The highest BCUT2D eigenvalue weighted by molar-refractivity contribution is 7.98. The van der Waals surface area contributed by atoms with Gasteiger partial charge in [0.15, 0.2) is 11.1 Å². The van der Waals surface area contributed by atoms with Crippen LogP contribution in [0.1, 0.15) is 12.8 Å². The summed E-state index contributed by atoms with van der Waals surface area (Å²) in [6, 6.07) is 8.19. The van der Waals surface area contributed by atoms with Crippen molar-refractivity contribution in [2.45, 2.75) is 12.8 Å². The van der Waals surface area contributed by atoms with Gasteiger partial charge in [-0.3, -0.25) is 4.99 Å². The van der Waals surface area contributed by atoms with Gasteiger partial charge >= 0.3 is 0 Å². The summed E-state index contributed by atoms with van der Waals surface area (Å²) in [5, 5.41) is 11.0. The first kappa shape index (κ1) is 17.9. The fourth-order valence-electron chi connectivity index (χ4n) is 2.10. The number of hydrogen-bond donors (Lipinski definition) is 3. The van der Waals surface area contributed by atoms with Crippen LogP contribution < -0.4 is 16.0 Å². The molecule has 0 amide bonds. The van der Waals surface area contributed by atoms with Gasteiger partial charge in [0.05, 0.1) is 10.2 Å². The van der Waals surface area contributed by atoms with Crippen LogP contribution in [0.4, 0.5) is 5.13 Å². The fraction of sp³-hybridized carbons (Fsp3) is 0.500. The molecule has 0 bridgehead atoms. The monoisotopic (exact) mass is 351 g/mol. The van der Waals surface area contributed by atoms with Crippen LogP contribution in [0.5, 0.6) is 0 Å². The van der Waals surface area contributed by atoms with E-state index in [0.717, 1.165) is 36.2 Å². The van der Waals surface area contributed by atoms with Gasteiger partial charge in [-0.2, -0.15) is 11.8 Å². The molecular formula is C16H25N5S2. The third kappa shape index (κ3) is 6.27. The predicted molar refractivity (Wildman–Crippen MR) is 105 cm³/mol. The summed E-state index contributed by atoms with van der Waals surface area (Å²) in [4.78, 5) is 8.79.